The fourth-order valence-corrected chi connectivity index (χ4v) is 2.58. The van der Waals surface area contributed by atoms with Crippen molar-refractivity contribution in [1.29, 1.82) is 0 Å². The summed E-state index contributed by atoms with van der Waals surface area (Å²) in [5.74, 6) is -0.191. The van der Waals surface area contributed by atoms with Gasteiger partial charge in [-0.15, -0.1) is 0 Å². The van der Waals surface area contributed by atoms with Gasteiger partial charge >= 0.3 is 0 Å². The first-order chi connectivity index (χ1) is 11.6. The number of carbonyl (C=O) groups is 1. The number of carbonyl (C=O) groups excluding carboxylic acids is 1. The molecule has 0 atom stereocenters. The van der Waals surface area contributed by atoms with Crippen LogP contribution in [0.5, 0.6) is 5.75 Å². The zero-order valence-corrected chi connectivity index (χ0v) is 13.6. The summed E-state index contributed by atoms with van der Waals surface area (Å²) in [5.41, 5.74) is 2.43. The Morgan fingerprint density at radius 3 is 2.79 bits per heavy atom. The molecule has 0 spiro atoms. The second kappa shape index (κ2) is 7.18. The predicted molar refractivity (Wildman–Crippen MR) is 89.8 cm³/mol. The first kappa shape index (κ1) is 16.1. The minimum Gasteiger partial charge on any atom is -0.487 e. The van der Waals surface area contributed by atoms with Crippen molar-refractivity contribution < 1.29 is 13.9 Å². The van der Waals surface area contributed by atoms with Gasteiger partial charge in [-0.2, -0.15) is 8.75 Å². The van der Waals surface area contributed by atoms with Crippen LogP contribution >= 0.6 is 11.7 Å². The fraction of sp³-hybridized carbons (Fsp3) is 0.118. The van der Waals surface area contributed by atoms with Crippen molar-refractivity contribution in [2.24, 2.45) is 0 Å². The highest BCUT2D eigenvalue weighted by Gasteiger charge is 2.09. The molecular formula is C17H14FN3O2S. The maximum atomic E-state index is 13.2. The molecule has 24 heavy (non-hydrogen) atoms. The monoisotopic (exact) mass is 343 g/mol. The van der Waals surface area contributed by atoms with E-state index >= 15 is 0 Å². The molecule has 2 aromatic carbocycles. The van der Waals surface area contributed by atoms with Crippen LogP contribution in [0.25, 0.3) is 0 Å². The van der Waals surface area contributed by atoms with Gasteiger partial charge in [-0.3, -0.25) is 4.79 Å². The third-order valence-corrected chi connectivity index (χ3v) is 3.96. The molecular weight excluding hydrogens is 329 g/mol. The van der Waals surface area contributed by atoms with Crippen molar-refractivity contribution in [1.82, 2.24) is 8.75 Å². The summed E-state index contributed by atoms with van der Waals surface area (Å²) >= 11 is 1.14. The topological polar surface area (TPSA) is 64.1 Å². The highest BCUT2D eigenvalue weighted by molar-refractivity contribution is 6.99. The van der Waals surface area contributed by atoms with Gasteiger partial charge in [-0.1, -0.05) is 12.1 Å². The molecule has 3 rings (SSSR count). The Kier molecular flexibility index (Phi) is 4.81. The van der Waals surface area contributed by atoms with Crippen molar-refractivity contribution >= 4 is 23.3 Å². The van der Waals surface area contributed by atoms with Gasteiger partial charge < -0.3 is 10.1 Å². The minimum atomic E-state index is -0.405. The van der Waals surface area contributed by atoms with E-state index in [-0.39, 0.29) is 12.5 Å². The Hall–Kier alpha value is -2.80. The Balaban J connectivity index is 1.68. The second-order valence-corrected chi connectivity index (χ2v) is 5.61. The summed E-state index contributed by atoms with van der Waals surface area (Å²) in [6.45, 7) is 2.16. The Morgan fingerprint density at radius 1 is 1.21 bits per heavy atom. The van der Waals surface area contributed by atoms with E-state index in [9.17, 15) is 9.18 Å². The quantitative estimate of drug-likeness (QED) is 0.765. The lowest BCUT2D eigenvalue weighted by molar-refractivity contribution is 0.102. The van der Waals surface area contributed by atoms with E-state index in [2.05, 4.69) is 14.1 Å². The standard InChI is InChI=1S/C17H14FN3O2S/c1-11-16(21-24-20-11)10-23-15-7-2-4-12(8-15)17(22)19-14-6-3-5-13(18)9-14/h2-9H,10H2,1H3,(H,19,22). The van der Waals surface area contributed by atoms with Crippen LogP contribution in [0.1, 0.15) is 21.7 Å². The predicted octanol–water partition coefficient (Wildman–Crippen LogP) is 3.82. The average molecular weight is 343 g/mol. The first-order valence-electron chi connectivity index (χ1n) is 7.19. The molecule has 1 amide bonds. The molecule has 0 unspecified atom stereocenters. The summed E-state index contributed by atoms with van der Waals surface area (Å²) in [4.78, 5) is 12.3. The molecule has 1 N–H and O–H groups in total. The lowest BCUT2D eigenvalue weighted by Gasteiger charge is -2.08. The van der Waals surface area contributed by atoms with Crippen LogP contribution in [-0.4, -0.2) is 14.7 Å². The van der Waals surface area contributed by atoms with E-state index in [0.29, 0.717) is 17.0 Å². The number of ether oxygens (including phenoxy) is 1. The van der Waals surface area contributed by atoms with Crippen molar-refractivity contribution in [2.45, 2.75) is 13.5 Å². The van der Waals surface area contributed by atoms with Crippen molar-refractivity contribution in [2.75, 3.05) is 5.32 Å². The van der Waals surface area contributed by atoms with Crippen LogP contribution in [0, 0.1) is 12.7 Å². The number of amides is 1. The molecule has 1 aromatic heterocycles. The molecule has 122 valence electrons. The van der Waals surface area contributed by atoms with Crippen LogP contribution < -0.4 is 10.1 Å². The molecule has 1 heterocycles. The average Bonchev–Trinajstić information content (AvgIpc) is 2.98. The molecule has 3 aromatic rings. The third kappa shape index (κ3) is 3.94. The van der Waals surface area contributed by atoms with Gasteiger partial charge in [0, 0.05) is 11.3 Å². The molecule has 0 aliphatic carbocycles. The molecule has 0 aliphatic heterocycles. The number of nitrogens with one attached hydrogen (secondary N) is 1. The van der Waals surface area contributed by atoms with Crippen molar-refractivity contribution in [3.63, 3.8) is 0 Å². The first-order valence-corrected chi connectivity index (χ1v) is 7.92. The van der Waals surface area contributed by atoms with E-state index in [4.69, 9.17) is 4.74 Å². The van der Waals surface area contributed by atoms with Gasteiger partial charge in [-0.25, -0.2) is 4.39 Å². The number of nitrogens with zero attached hydrogens (tertiary/aromatic N) is 2. The SMILES string of the molecule is Cc1nsnc1COc1cccc(C(=O)Nc2cccc(F)c2)c1. The molecule has 0 aliphatic rings. The Bertz CT molecular complexity index is 866. The van der Waals surface area contributed by atoms with Crippen LogP contribution in [0.3, 0.4) is 0 Å². The molecule has 0 radical (unpaired) electrons. The van der Waals surface area contributed by atoms with Crippen LogP contribution in [0.4, 0.5) is 10.1 Å². The maximum Gasteiger partial charge on any atom is 0.255 e. The van der Waals surface area contributed by atoms with E-state index in [0.717, 1.165) is 23.1 Å². The van der Waals surface area contributed by atoms with Crippen LogP contribution in [0.2, 0.25) is 0 Å². The zero-order valence-electron chi connectivity index (χ0n) is 12.8. The van der Waals surface area contributed by atoms with Crippen molar-refractivity contribution in [3.05, 3.63) is 71.3 Å². The lowest BCUT2D eigenvalue weighted by atomic mass is 10.2. The fourth-order valence-electron chi connectivity index (χ4n) is 2.03. The number of hydrogen-bond donors (Lipinski definition) is 1. The molecule has 0 saturated heterocycles. The zero-order chi connectivity index (χ0) is 16.9. The van der Waals surface area contributed by atoms with Gasteiger partial charge in [0.1, 0.15) is 23.9 Å². The Morgan fingerprint density at radius 2 is 2.04 bits per heavy atom. The maximum absolute atomic E-state index is 13.2. The van der Waals surface area contributed by atoms with E-state index in [1.165, 1.54) is 18.2 Å². The van der Waals surface area contributed by atoms with Gasteiger partial charge in [0.2, 0.25) is 0 Å². The summed E-state index contributed by atoms with van der Waals surface area (Å²) in [6.07, 6.45) is 0. The lowest BCUT2D eigenvalue weighted by Crippen LogP contribution is -2.12. The van der Waals surface area contributed by atoms with Crippen molar-refractivity contribution in [3.8, 4) is 5.75 Å². The second-order valence-electron chi connectivity index (χ2n) is 5.08. The largest absolute Gasteiger partial charge is 0.487 e. The van der Waals surface area contributed by atoms with Gasteiger partial charge in [0.05, 0.1) is 17.4 Å². The normalized spacial score (nSPS) is 10.4. The summed E-state index contributed by atoms with van der Waals surface area (Å²) in [6, 6.07) is 12.5. The molecule has 0 saturated carbocycles. The third-order valence-electron chi connectivity index (χ3n) is 3.30. The number of anilines is 1. The summed E-state index contributed by atoms with van der Waals surface area (Å²) in [7, 11) is 0. The number of halogens is 1. The number of aromatic nitrogens is 2. The molecule has 5 nitrogen and oxygen atoms in total. The van der Waals surface area contributed by atoms with Crippen LogP contribution in [-0.2, 0) is 6.61 Å². The van der Waals surface area contributed by atoms with Gasteiger partial charge in [-0.05, 0) is 43.3 Å². The number of aryl methyl sites for hydroxylation is 1. The highest BCUT2D eigenvalue weighted by atomic mass is 32.1. The smallest absolute Gasteiger partial charge is 0.255 e. The van der Waals surface area contributed by atoms with Crippen LogP contribution in [0.15, 0.2) is 48.5 Å². The minimum absolute atomic E-state index is 0.289. The van der Waals surface area contributed by atoms with E-state index < -0.39 is 5.82 Å². The van der Waals surface area contributed by atoms with E-state index in [1.807, 2.05) is 6.92 Å². The summed E-state index contributed by atoms with van der Waals surface area (Å²) in [5, 5.41) is 2.65. The Labute approximate surface area is 142 Å². The van der Waals surface area contributed by atoms with E-state index in [1.54, 1.807) is 30.3 Å². The number of benzene rings is 2. The molecule has 7 heteroatoms. The van der Waals surface area contributed by atoms with Gasteiger partial charge in [0.15, 0.2) is 0 Å². The molecule has 0 fully saturated rings. The summed E-state index contributed by atoms with van der Waals surface area (Å²) < 4.78 is 27.1. The highest BCUT2D eigenvalue weighted by Crippen LogP contribution is 2.17. The number of rotatable bonds is 5. The molecule has 0 bridgehead atoms. The van der Waals surface area contributed by atoms with Gasteiger partial charge in [0.25, 0.3) is 5.91 Å². The number of hydrogen-bond acceptors (Lipinski definition) is 5.